The van der Waals surface area contributed by atoms with Crippen LogP contribution in [0.1, 0.15) is 17.3 Å². The Balaban J connectivity index is 2.69. The maximum Gasteiger partial charge on any atom is 0.178 e. The first-order valence-electron chi connectivity index (χ1n) is 4.65. The third-order valence-corrected chi connectivity index (χ3v) is 3.26. The van der Waals surface area contributed by atoms with Crippen molar-refractivity contribution in [2.24, 2.45) is 0 Å². The molecule has 0 bridgehead atoms. The zero-order chi connectivity index (χ0) is 11.9. The van der Waals surface area contributed by atoms with Gasteiger partial charge in [-0.05, 0) is 19.1 Å². The van der Waals surface area contributed by atoms with Crippen LogP contribution in [-0.2, 0) is 0 Å². The molecule has 5 heteroatoms. The van der Waals surface area contributed by atoms with E-state index in [1.807, 2.05) is 0 Å². The fourth-order valence-corrected chi connectivity index (χ4v) is 2.43. The molecule has 0 saturated carbocycles. The number of ketones is 1. The van der Waals surface area contributed by atoms with Crippen LogP contribution in [0, 0.1) is 0 Å². The topological polar surface area (TPSA) is 32.9 Å². The van der Waals surface area contributed by atoms with Gasteiger partial charge in [0.05, 0.1) is 9.85 Å². The summed E-state index contributed by atoms with van der Waals surface area (Å²) in [5.74, 6) is -0.00419. The lowest BCUT2D eigenvalue weighted by Crippen LogP contribution is -2.09. The summed E-state index contributed by atoms with van der Waals surface area (Å²) in [5.41, 5.74) is 1.36. The molecular weight excluding hydrogens is 313 g/mol. The van der Waals surface area contributed by atoms with Crippen molar-refractivity contribution in [3.63, 3.8) is 0 Å². The lowest BCUT2D eigenvalue weighted by atomic mass is 10.1. The van der Waals surface area contributed by atoms with E-state index in [0.29, 0.717) is 15.6 Å². The van der Waals surface area contributed by atoms with Gasteiger partial charge in [-0.15, -0.1) is 0 Å². The van der Waals surface area contributed by atoms with E-state index in [-0.39, 0.29) is 10.6 Å². The molecule has 0 spiro atoms. The van der Waals surface area contributed by atoms with Gasteiger partial charge < -0.3 is 4.98 Å². The molecule has 1 unspecified atom stereocenters. The number of benzene rings is 1. The summed E-state index contributed by atoms with van der Waals surface area (Å²) in [6, 6.07) is 3.38. The number of carbonyl (C=O) groups is 1. The molecule has 2 aromatic rings. The van der Waals surface area contributed by atoms with Crippen molar-refractivity contribution in [2.75, 3.05) is 0 Å². The van der Waals surface area contributed by atoms with Crippen LogP contribution in [0.15, 0.2) is 18.3 Å². The van der Waals surface area contributed by atoms with Gasteiger partial charge in [0.1, 0.15) is 0 Å². The molecule has 0 aliphatic heterocycles. The highest BCUT2D eigenvalue weighted by Gasteiger charge is 2.18. The number of hydrogen-bond acceptors (Lipinski definition) is 1. The predicted octanol–water partition coefficient (Wildman–Crippen LogP) is 4.44. The molecule has 0 fully saturated rings. The lowest BCUT2D eigenvalue weighted by Gasteiger charge is -2.02. The van der Waals surface area contributed by atoms with E-state index in [1.54, 1.807) is 25.3 Å². The minimum Gasteiger partial charge on any atom is -0.360 e. The monoisotopic (exact) mass is 319 g/mol. The summed E-state index contributed by atoms with van der Waals surface area (Å²) >= 11 is 15.2. The van der Waals surface area contributed by atoms with Crippen molar-refractivity contribution < 1.29 is 4.79 Å². The second-order valence-corrected chi connectivity index (χ2v) is 5.71. The molecule has 1 aromatic carbocycles. The number of alkyl halides is 1. The molecular formula is C11H8BrCl2NO. The van der Waals surface area contributed by atoms with Crippen LogP contribution in [0.2, 0.25) is 10.0 Å². The van der Waals surface area contributed by atoms with E-state index in [0.717, 1.165) is 10.9 Å². The molecule has 0 radical (unpaired) electrons. The Hall–Kier alpha value is -0.510. The molecule has 1 heterocycles. The average Bonchev–Trinajstić information content (AvgIpc) is 2.59. The fraction of sp³-hybridized carbons (Fsp3) is 0.182. The zero-order valence-corrected chi connectivity index (χ0v) is 11.4. The van der Waals surface area contributed by atoms with Crippen molar-refractivity contribution in [3.8, 4) is 0 Å². The first-order chi connectivity index (χ1) is 7.50. The minimum atomic E-state index is -0.238. The van der Waals surface area contributed by atoms with Crippen molar-refractivity contribution in [3.05, 3.63) is 33.9 Å². The maximum atomic E-state index is 11.9. The Kier molecular flexibility index (Phi) is 3.29. The highest BCUT2D eigenvalue weighted by Crippen LogP contribution is 2.31. The van der Waals surface area contributed by atoms with Gasteiger partial charge in [-0.2, -0.15) is 0 Å². The zero-order valence-electron chi connectivity index (χ0n) is 8.35. The van der Waals surface area contributed by atoms with Crippen LogP contribution in [0.3, 0.4) is 0 Å². The number of H-pyrrole nitrogens is 1. The van der Waals surface area contributed by atoms with E-state index in [2.05, 4.69) is 20.9 Å². The second kappa shape index (κ2) is 4.40. The Morgan fingerprint density at radius 3 is 2.75 bits per heavy atom. The number of hydrogen-bond donors (Lipinski definition) is 1. The molecule has 1 aromatic heterocycles. The first-order valence-corrected chi connectivity index (χ1v) is 6.32. The van der Waals surface area contributed by atoms with Gasteiger partial charge >= 0.3 is 0 Å². The molecule has 0 aliphatic rings. The summed E-state index contributed by atoms with van der Waals surface area (Å²) < 4.78 is 0. The largest absolute Gasteiger partial charge is 0.360 e. The summed E-state index contributed by atoms with van der Waals surface area (Å²) in [6.07, 6.45) is 1.66. The van der Waals surface area contributed by atoms with Gasteiger partial charge in [0, 0.05) is 27.7 Å². The molecule has 2 nitrogen and oxygen atoms in total. The predicted molar refractivity (Wildman–Crippen MR) is 71.0 cm³/mol. The third kappa shape index (κ3) is 1.99. The Morgan fingerprint density at radius 1 is 1.44 bits per heavy atom. The van der Waals surface area contributed by atoms with Crippen LogP contribution in [0.5, 0.6) is 0 Å². The average molecular weight is 321 g/mol. The molecule has 0 aliphatic carbocycles. The number of rotatable bonds is 2. The van der Waals surface area contributed by atoms with Crippen molar-refractivity contribution in [1.82, 2.24) is 4.98 Å². The van der Waals surface area contributed by atoms with E-state index in [4.69, 9.17) is 23.2 Å². The Bertz CT molecular complexity index is 562. The number of nitrogens with one attached hydrogen (secondary N) is 1. The standard InChI is InChI=1S/C11H8BrCl2NO/c1-5(12)11(16)7-4-15-9-3-6(13)2-8(14)10(7)9/h2-5,15H,1H3. The van der Waals surface area contributed by atoms with Gasteiger partial charge in [-0.1, -0.05) is 39.1 Å². The first kappa shape index (κ1) is 12.0. The van der Waals surface area contributed by atoms with Crippen LogP contribution in [0.4, 0.5) is 0 Å². The molecule has 1 atom stereocenters. The molecule has 0 amide bonds. The van der Waals surface area contributed by atoms with Gasteiger partial charge in [0.25, 0.3) is 0 Å². The van der Waals surface area contributed by atoms with Crippen LogP contribution in [0.25, 0.3) is 10.9 Å². The Morgan fingerprint density at radius 2 is 2.12 bits per heavy atom. The summed E-state index contributed by atoms with van der Waals surface area (Å²) in [4.78, 5) is 14.7. The SMILES string of the molecule is CC(Br)C(=O)c1c[nH]c2cc(Cl)cc(Cl)c12. The van der Waals surface area contributed by atoms with Gasteiger partial charge in [0.15, 0.2) is 5.78 Å². The van der Waals surface area contributed by atoms with E-state index < -0.39 is 0 Å². The maximum absolute atomic E-state index is 11.9. The number of aromatic nitrogens is 1. The van der Waals surface area contributed by atoms with Gasteiger partial charge in [-0.3, -0.25) is 4.79 Å². The number of fused-ring (bicyclic) bond motifs is 1. The summed E-state index contributed by atoms with van der Waals surface area (Å²) in [6.45, 7) is 1.78. The minimum absolute atomic E-state index is 0.00419. The number of carbonyl (C=O) groups excluding carboxylic acids is 1. The molecule has 84 valence electrons. The second-order valence-electron chi connectivity index (χ2n) is 3.49. The van der Waals surface area contributed by atoms with Gasteiger partial charge in [-0.25, -0.2) is 0 Å². The van der Waals surface area contributed by atoms with Crippen LogP contribution < -0.4 is 0 Å². The number of aromatic amines is 1. The van der Waals surface area contributed by atoms with Gasteiger partial charge in [0.2, 0.25) is 0 Å². The highest BCUT2D eigenvalue weighted by atomic mass is 79.9. The highest BCUT2D eigenvalue weighted by molar-refractivity contribution is 9.10. The number of Topliss-reactive ketones (excluding diaryl/α,β-unsaturated/α-hetero) is 1. The van der Waals surface area contributed by atoms with E-state index in [1.165, 1.54) is 0 Å². The molecule has 1 N–H and O–H groups in total. The normalized spacial score (nSPS) is 13.0. The van der Waals surface area contributed by atoms with Crippen LogP contribution in [-0.4, -0.2) is 15.6 Å². The summed E-state index contributed by atoms with van der Waals surface area (Å²) in [7, 11) is 0. The smallest absolute Gasteiger partial charge is 0.178 e. The fourth-order valence-electron chi connectivity index (χ4n) is 1.59. The van der Waals surface area contributed by atoms with Crippen molar-refractivity contribution >= 4 is 55.8 Å². The molecule has 2 rings (SSSR count). The Labute approximate surface area is 111 Å². The van der Waals surface area contributed by atoms with Crippen LogP contribution >= 0.6 is 39.1 Å². The molecule has 16 heavy (non-hydrogen) atoms. The van der Waals surface area contributed by atoms with E-state index in [9.17, 15) is 4.79 Å². The quantitative estimate of drug-likeness (QED) is 0.644. The van der Waals surface area contributed by atoms with E-state index >= 15 is 0 Å². The van der Waals surface area contributed by atoms with Crippen molar-refractivity contribution in [2.45, 2.75) is 11.8 Å². The molecule has 0 saturated heterocycles. The lowest BCUT2D eigenvalue weighted by molar-refractivity contribution is 0.0997. The summed E-state index contributed by atoms with van der Waals surface area (Å²) in [5, 5.41) is 1.76. The third-order valence-electron chi connectivity index (χ3n) is 2.32. The van der Waals surface area contributed by atoms with Crippen molar-refractivity contribution in [1.29, 1.82) is 0 Å². The number of halogens is 3.